The molecule has 4 nitrogen and oxygen atoms in total. The molecular formula is C7H7F3N2O2S. The molecule has 0 unspecified atom stereocenters. The summed E-state index contributed by atoms with van der Waals surface area (Å²) in [7, 11) is 2.52. The van der Waals surface area contributed by atoms with Gasteiger partial charge < -0.3 is 0 Å². The molecule has 0 fully saturated rings. The normalized spacial score (nSPS) is 11.5. The molecule has 0 radical (unpaired) electrons. The van der Waals surface area contributed by atoms with Crippen LogP contribution in [0.4, 0.5) is 13.2 Å². The van der Waals surface area contributed by atoms with Gasteiger partial charge in [-0.1, -0.05) is 0 Å². The number of amides is 1. The Morgan fingerprint density at radius 2 is 2.20 bits per heavy atom. The molecule has 1 aromatic heterocycles. The zero-order valence-corrected chi connectivity index (χ0v) is 8.65. The van der Waals surface area contributed by atoms with E-state index in [4.69, 9.17) is 0 Å². The summed E-state index contributed by atoms with van der Waals surface area (Å²) in [5.41, 5.74) is -1.07. The van der Waals surface area contributed by atoms with Crippen molar-refractivity contribution < 1.29 is 22.8 Å². The lowest BCUT2D eigenvalue weighted by Crippen LogP contribution is -2.25. The second-order valence-electron chi connectivity index (χ2n) is 2.52. The average molecular weight is 240 g/mol. The lowest BCUT2D eigenvalue weighted by atomic mass is 10.5. The fourth-order valence-electron chi connectivity index (χ4n) is 0.720. The highest BCUT2D eigenvalue weighted by atomic mass is 32.1. The third-order valence-corrected chi connectivity index (χ3v) is 2.37. The van der Waals surface area contributed by atoms with Crippen LogP contribution in [0.3, 0.4) is 0 Å². The zero-order valence-electron chi connectivity index (χ0n) is 7.83. The Morgan fingerprint density at radius 3 is 2.60 bits per heavy atom. The van der Waals surface area contributed by atoms with Crippen molar-refractivity contribution in [2.75, 3.05) is 14.2 Å². The Hall–Kier alpha value is -1.15. The first-order valence-electron chi connectivity index (χ1n) is 3.71. The number of halogens is 3. The Morgan fingerprint density at radius 1 is 1.60 bits per heavy atom. The third kappa shape index (κ3) is 2.66. The van der Waals surface area contributed by atoms with E-state index in [1.807, 2.05) is 0 Å². The van der Waals surface area contributed by atoms with E-state index in [1.54, 1.807) is 0 Å². The number of carbonyl (C=O) groups excluding carboxylic acids is 1. The predicted octanol–water partition coefficient (Wildman–Crippen LogP) is 1.80. The number of hydrogen-bond acceptors (Lipinski definition) is 4. The smallest absolute Gasteiger partial charge is 0.274 e. The molecule has 0 saturated carbocycles. The van der Waals surface area contributed by atoms with Crippen LogP contribution in [0.2, 0.25) is 0 Å². The van der Waals surface area contributed by atoms with Crippen LogP contribution in [0, 0.1) is 0 Å². The van der Waals surface area contributed by atoms with E-state index in [2.05, 4.69) is 9.82 Å². The van der Waals surface area contributed by atoms with Crippen LogP contribution in [-0.4, -0.2) is 30.1 Å². The van der Waals surface area contributed by atoms with E-state index >= 15 is 0 Å². The summed E-state index contributed by atoms with van der Waals surface area (Å²) < 4.78 is 36.4. The minimum Gasteiger partial charge on any atom is -0.274 e. The van der Waals surface area contributed by atoms with E-state index < -0.39 is 17.8 Å². The fourth-order valence-corrected chi connectivity index (χ4v) is 1.51. The summed E-state index contributed by atoms with van der Waals surface area (Å²) in [5.74, 6) is -0.710. The molecule has 84 valence electrons. The summed E-state index contributed by atoms with van der Waals surface area (Å²) in [6.07, 6.45) is -4.53. The summed E-state index contributed by atoms with van der Waals surface area (Å²) in [6, 6.07) is 0. The molecule has 0 atom stereocenters. The van der Waals surface area contributed by atoms with Crippen LogP contribution in [0.1, 0.15) is 15.5 Å². The molecule has 0 aromatic carbocycles. The largest absolute Gasteiger partial charge is 0.434 e. The molecular weight excluding hydrogens is 233 g/mol. The van der Waals surface area contributed by atoms with Gasteiger partial charge >= 0.3 is 12.1 Å². The highest BCUT2D eigenvalue weighted by Gasteiger charge is 2.34. The van der Waals surface area contributed by atoms with E-state index in [0.717, 1.165) is 10.4 Å². The van der Waals surface area contributed by atoms with Crippen molar-refractivity contribution in [2.45, 2.75) is 6.18 Å². The van der Waals surface area contributed by atoms with Crippen molar-refractivity contribution >= 4 is 17.2 Å². The minimum atomic E-state index is -4.53. The minimum absolute atomic E-state index is 0.258. The average Bonchev–Trinajstić information content (AvgIpc) is 2.63. The molecule has 8 heteroatoms. The van der Waals surface area contributed by atoms with Crippen LogP contribution in [0.5, 0.6) is 0 Å². The molecule has 1 heterocycles. The van der Waals surface area contributed by atoms with Crippen molar-refractivity contribution in [3.8, 4) is 0 Å². The van der Waals surface area contributed by atoms with Crippen molar-refractivity contribution in [1.29, 1.82) is 0 Å². The van der Waals surface area contributed by atoms with E-state index in [0.29, 0.717) is 11.3 Å². The topological polar surface area (TPSA) is 42.4 Å². The summed E-state index contributed by atoms with van der Waals surface area (Å²) in [6.45, 7) is 0. The quantitative estimate of drug-likeness (QED) is 0.740. The maximum Gasteiger partial charge on any atom is 0.434 e. The fraction of sp³-hybridized carbons (Fsp3) is 0.429. The van der Waals surface area contributed by atoms with Crippen LogP contribution in [0.15, 0.2) is 5.38 Å². The molecule has 0 spiro atoms. The molecule has 1 rings (SSSR count). The number of hydrogen-bond donors (Lipinski definition) is 0. The van der Waals surface area contributed by atoms with Gasteiger partial charge in [-0.15, -0.1) is 11.3 Å². The molecule has 0 bridgehead atoms. The lowest BCUT2D eigenvalue weighted by Gasteiger charge is -2.10. The summed E-state index contributed by atoms with van der Waals surface area (Å²) in [4.78, 5) is 19.0. The SMILES string of the molecule is CON(C)C(=O)c1nc(C(F)(F)F)cs1. The van der Waals surface area contributed by atoms with Gasteiger partial charge in [0.1, 0.15) is 0 Å². The second kappa shape index (κ2) is 4.15. The van der Waals surface area contributed by atoms with Crippen LogP contribution >= 0.6 is 11.3 Å². The predicted molar refractivity (Wildman–Crippen MR) is 46.2 cm³/mol. The van der Waals surface area contributed by atoms with Crippen LogP contribution in [-0.2, 0) is 11.0 Å². The number of hydroxylamine groups is 2. The molecule has 0 aliphatic heterocycles. The Labute approximate surface area is 87.2 Å². The van der Waals surface area contributed by atoms with E-state index in [-0.39, 0.29) is 5.01 Å². The summed E-state index contributed by atoms with van der Waals surface area (Å²) in [5, 5.41) is 1.34. The van der Waals surface area contributed by atoms with Crippen LogP contribution in [0.25, 0.3) is 0 Å². The Balaban J connectivity index is 2.90. The van der Waals surface area contributed by atoms with Gasteiger partial charge in [0.05, 0.1) is 7.11 Å². The van der Waals surface area contributed by atoms with Gasteiger partial charge in [-0.05, 0) is 0 Å². The number of carbonyl (C=O) groups is 1. The molecule has 0 N–H and O–H groups in total. The van der Waals surface area contributed by atoms with Gasteiger partial charge in [-0.25, -0.2) is 10.0 Å². The monoisotopic (exact) mass is 240 g/mol. The first-order chi connectivity index (χ1) is 6.86. The third-order valence-electron chi connectivity index (χ3n) is 1.54. The van der Waals surface area contributed by atoms with Gasteiger partial charge in [-0.2, -0.15) is 13.2 Å². The van der Waals surface area contributed by atoms with Crippen LogP contribution < -0.4 is 0 Å². The molecule has 0 saturated heterocycles. The zero-order chi connectivity index (χ0) is 11.6. The first-order valence-corrected chi connectivity index (χ1v) is 4.59. The summed E-state index contributed by atoms with van der Waals surface area (Å²) >= 11 is 0.626. The highest BCUT2D eigenvalue weighted by Crippen LogP contribution is 2.30. The van der Waals surface area contributed by atoms with E-state index in [1.165, 1.54) is 14.2 Å². The van der Waals surface area contributed by atoms with Gasteiger partial charge in [0.15, 0.2) is 10.7 Å². The van der Waals surface area contributed by atoms with Crippen molar-refractivity contribution in [2.24, 2.45) is 0 Å². The van der Waals surface area contributed by atoms with E-state index in [9.17, 15) is 18.0 Å². The molecule has 0 aliphatic carbocycles. The maximum absolute atomic E-state index is 12.1. The highest BCUT2D eigenvalue weighted by molar-refractivity contribution is 7.11. The Kier molecular flexibility index (Phi) is 3.30. The van der Waals surface area contributed by atoms with Crippen molar-refractivity contribution in [3.63, 3.8) is 0 Å². The first kappa shape index (κ1) is 11.9. The van der Waals surface area contributed by atoms with Crippen molar-refractivity contribution in [3.05, 3.63) is 16.1 Å². The van der Waals surface area contributed by atoms with Gasteiger partial charge in [0.2, 0.25) is 0 Å². The second-order valence-corrected chi connectivity index (χ2v) is 3.38. The number of rotatable bonds is 2. The number of alkyl halides is 3. The number of thiazole rings is 1. The Bertz CT molecular complexity index is 363. The van der Waals surface area contributed by atoms with Gasteiger partial charge in [0.25, 0.3) is 0 Å². The molecule has 1 aromatic rings. The molecule has 15 heavy (non-hydrogen) atoms. The lowest BCUT2D eigenvalue weighted by molar-refractivity contribution is -0.140. The number of aromatic nitrogens is 1. The standard InChI is InChI=1S/C7H7F3N2O2S/c1-12(14-2)6(13)5-11-4(3-15-5)7(8,9)10/h3H,1-2H3. The molecule has 1 amide bonds. The number of nitrogens with zero attached hydrogens (tertiary/aromatic N) is 2. The van der Waals surface area contributed by atoms with Crippen molar-refractivity contribution in [1.82, 2.24) is 10.0 Å². The molecule has 0 aliphatic rings. The maximum atomic E-state index is 12.1. The van der Waals surface area contributed by atoms with Gasteiger partial charge in [-0.3, -0.25) is 9.63 Å². The van der Waals surface area contributed by atoms with Gasteiger partial charge in [0, 0.05) is 12.4 Å².